The Bertz CT molecular complexity index is 363. The molecule has 0 spiro atoms. The summed E-state index contributed by atoms with van der Waals surface area (Å²) in [6.45, 7) is 2.06. The second-order valence-corrected chi connectivity index (χ2v) is 3.42. The van der Waals surface area contributed by atoms with E-state index in [-0.39, 0.29) is 12.3 Å². The van der Waals surface area contributed by atoms with Crippen LogP contribution in [0.15, 0.2) is 12.1 Å². The van der Waals surface area contributed by atoms with Gasteiger partial charge in [0, 0.05) is 24.2 Å². The van der Waals surface area contributed by atoms with E-state index in [1.54, 1.807) is 19.1 Å². The summed E-state index contributed by atoms with van der Waals surface area (Å²) in [4.78, 5) is 11.5. The van der Waals surface area contributed by atoms with Crippen LogP contribution in [0.1, 0.15) is 29.3 Å². The fraction of sp³-hybridized carbons (Fsp3) is 0.300. The number of hydrogen-bond acceptors (Lipinski definition) is 3. The highest BCUT2D eigenvalue weighted by Gasteiger charge is 2.13. The molecule has 0 aromatic heterocycles. The molecule has 0 aliphatic carbocycles. The van der Waals surface area contributed by atoms with Gasteiger partial charge in [-0.25, -0.2) is 0 Å². The molecule has 0 amide bonds. The smallest absolute Gasteiger partial charge is 0.164 e. The van der Waals surface area contributed by atoms with Gasteiger partial charge in [0.05, 0.1) is 5.02 Å². The van der Waals surface area contributed by atoms with Crippen molar-refractivity contribution >= 4 is 23.1 Å². The Balaban J connectivity index is 3.32. The maximum Gasteiger partial charge on any atom is 0.164 e. The summed E-state index contributed by atoms with van der Waals surface area (Å²) in [5, 5.41) is 0.386. The first-order valence-electron chi connectivity index (χ1n) is 4.41. The minimum absolute atomic E-state index is 0.00421. The molecule has 0 saturated carbocycles. The topological polar surface area (TPSA) is 69.1 Å². The van der Waals surface area contributed by atoms with E-state index in [0.29, 0.717) is 28.3 Å². The molecule has 0 radical (unpaired) electrons. The summed E-state index contributed by atoms with van der Waals surface area (Å²) in [6, 6.07) is 3.26. The second-order valence-electron chi connectivity index (χ2n) is 3.02. The van der Waals surface area contributed by atoms with Gasteiger partial charge in [-0.1, -0.05) is 18.5 Å². The quantitative estimate of drug-likeness (QED) is 0.595. The lowest BCUT2D eigenvalue weighted by Crippen LogP contribution is -2.08. The van der Waals surface area contributed by atoms with Gasteiger partial charge < -0.3 is 11.5 Å². The molecule has 1 aromatic rings. The third-order valence-corrected chi connectivity index (χ3v) is 2.31. The van der Waals surface area contributed by atoms with Gasteiger partial charge in [0.15, 0.2) is 5.78 Å². The van der Waals surface area contributed by atoms with E-state index in [4.69, 9.17) is 23.1 Å². The van der Waals surface area contributed by atoms with Gasteiger partial charge in [-0.15, -0.1) is 0 Å². The normalized spacial score (nSPS) is 10.2. The summed E-state index contributed by atoms with van der Waals surface area (Å²) in [6.07, 6.45) is 0.413. The second kappa shape index (κ2) is 4.44. The number of nitrogen functional groups attached to an aromatic ring is 1. The van der Waals surface area contributed by atoms with Crippen molar-refractivity contribution in [3.05, 3.63) is 28.3 Å². The maximum absolute atomic E-state index is 11.5. The Hall–Kier alpha value is -1.06. The van der Waals surface area contributed by atoms with Crippen LogP contribution >= 0.6 is 11.6 Å². The third-order valence-electron chi connectivity index (χ3n) is 2.01. The first kappa shape index (κ1) is 11.0. The van der Waals surface area contributed by atoms with Crippen LogP contribution in [0.4, 0.5) is 5.69 Å². The number of benzene rings is 1. The molecular formula is C10H13ClN2O. The molecule has 1 rings (SSSR count). The molecule has 0 bridgehead atoms. The first-order valence-corrected chi connectivity index (χ1v) is 4.79. The highest BCUT2D eigenvalue weighted by molar-refractivity contribution is 6.34. The van der Waals surface area contributed by atoms with Gasteiger partial charge in [0.25, 0.3) is 0 Å². The van der Waals surface area contributed by atoms with E-state index in [2.05, 4.69) is 0 Å². The van der Waals surface area contributed by atoms with Crippen LogP contribution in [-0.2, 0) is 6.54 Å². The van der Waals surface area contributed by atoms with Crippen LogP contribution in [0.3, 0.4) is 0 Å². The number of halogens is 1. The number of rotatable bonds is 3. The zero-order valence-corrected chi connectivity index (χ0v) is 8.77. The predicted molar refractivity (Wildman–Crippen MR) is 58.4 cm³/mol. The Kier molecular flexibility index (Phi) is 3.49. The van der Waals surface area contributed by atoms with Gasteiger partial charge in [-0.2, -0.15) is 0 Å². The standard InChI is InChI=1S/C10H13ClN2O/c1-2-9(14)10-6(5-12)3-7(13)4-8(10)11/h3-4H,2,5,12-13H2,1H3. The van der Waals surface area contributed by atoms with Crippen molar-refractivity contribution in [2.75, 3.05) is 5.73 Å². The molecule has 76 valence electrons. The summed E-state index contributed by atoms with van der Waals surface area (Å²) < 4.78 is 0. The molecule has 0 aliphatic rings. The van der Waals surface area contributed by atoms with Crippen molar-refractivity contribution in [1.82, 2.24) is 0 Å². The molecule has 0 unspecified atom stereocenters. The van der Waals surface area contributed by atoms with Gasteiger partial charge in [0.1, 0.15) is 0 Å². The van der Waals surface area contributed by atoms with Crippen molar-refractivity contribution in [1.29, 1.82) is 0 Å². The van der Waals surface area contributed by atoms with Gasteiger partial charge in [-0.05, 0) is 17.7 Å². The van der Waals surface area contributed by atoms with Crippen LogP contribution in [0.5, 0.6) is 0 Å². The number of carbonyl (C=O) groups excluding carboxylic acids is 1. The lowest BCUT2D eigenvalue weighted by atomic mass is 10.0. The monoisotopic (exact) mass is 212 g/mol. The lowest BCUT2D eigenvalue weighted by molar-refractivity contribution is 0.0987. The molecule has 0 aliphatic heterocycles. The molecule has 4 N–H and O–H groups in total. The largest absolute Gasteiger partial charge is 0.399 e. The van der Waals surface area contributed by atoms with Crippen molar-refractivity contribution in [3.8, 4) is 0 Å². The van der Waals surface area contributed by atoms with Crippen molar-refractivity contribution in [2.45, 2.75) is 19.9 Å². The van der Waals surface area contributed by atoms with E-state index in [0.717, 1.165) is 0 Å². The molecule has 14 heavy (non-hydrogen) atoms. The van der Waals surface area contributed by atoms with Gasteiger partial charge in [-0.3, -0.25) is 4.79 Å². The Morgan fingerprint density at radius 1 is 1.50 bits per heavy atom. The summed E-state index contributed by atoms with van der Waals surface area (Å²) in [7, 11) is 0. The van der Waals surface area contributed by atoms with E-state index in [1.807, 2.05) is 0 Å². The number of nitrogens with two attached hydrogens (primary N) is 2. The fourth-order valence-electron chi connectivity index (χ4n) is 1.34. The Morgan fingerprint density at radius 3 is 2.64 bits per heavy atom. The predicted octanol–water partition coefficient (Wildman–Crippen LogP) is 1.97. The minimum atomic E-state index is -0.00421. The molecule has 0 saturated heterocycles. The first-order chi connectivity index (χ1) is 6.60. The Morgan fingerprint density at radius 2 is 2.14 bits per heavy atom. The lowest BCUT2D eigenvalue weighted by Gasteiger charge is -2.09. The zero-order valence-electron chi connectivity index (χ0n) is 8.01. The molecular weight excluding hydrogens is 200 g/mol. The minimum Gasteiger partial charge on any atom is -0.399 e. The van der Waals surface area contributed by atoms with Crippen LogP contribution in [0.2, 0.25) is 5.02 Å². The average molecular weight is 213 g/mol. The third kappa shape index (κ3) is 2.05. The molecule has 4 heteroatoms. The van der Waals surface area contributed by atoms with E-state index in [9.17, 15) is 4.79 Å². The van der Waals surface area contributed by atoms with Crippen molar-refractivity contribution in [3.63, 3.8) is 0 Å². The van der Waals surface area contributed by atoms with Gasteiger partial charge in [0.2, 0.25) is 0 Å². The molecule has 3 nitrogen and oxygen atoms in total. The van der Waals surface area contributed by atoms with E-state index >= 15 is 0 Å². The summed E-state index contributed by atoms with van der Waals surface area (Å²) in [5.74, 6) is -0.00421. The highest BCUT2D eigenvalue weighted by Crippen LogP contribution is 2.25. The molecule has 0 atom stereocenters. The maximum atomic E-state index is 11.5. The molecule has 0 heterocycles. The van der Waals surface area contributed by atoms with Crippen molar-refractivity contribution < 1.29 is 4.79 Å². The number of anilines is 1. The van der Waals surface area contributed by atoms with Crippen LogP contribution in [-0.4, -0.2) is 5.78 Å². The van der Waals surface area contributed by atoms with Crippen LogP contribution in [0.25, 0.3) is 0 Å². The molecule has 1 aromatic carbocycles. The SMILES string of the molecule is CCC(=O)c1c(Cl)cc(N)cc1CN. The highest BCUT2D eigenvalue weighted by atomic mass is 35.5. The number of carbonyl (C=O) groups is 1. The Labute approximate surface area is 88.0 Å². The van der Waals surface area contributed by atoms with Crippen LogP contribution in [0, 0.1) is 0 Å². The number of ketones is 1. The molecule has 0 fully saturated rings. The average Bonchev–Trinajstić information content (AvgIpc) is 2.15. The van der Waals surface area contributed by atoms with E-state index < -0.39 is 0 Å². The van der Waals surface area contributed by atoms with Gasteiger partial charge >= 0.3 is 0 Å². The summed E-state index contributed by atoms with van der Waals surface area (Å²) >= 11 is 5.93. The van der Waals surface area contributed by atoms with E-state index in [1.165, 1.54) is 0 Å². The zero-order chi connectivity index (χ0) is 10.7. The van der Waals surface area contributed by atoms with Crippen molar-refractivity contribution in [2.24, 2.45) is 5.73 Å². The summed E-state index contributed by atoms with van der Waals surface area (Å²) in [5.41, 5.74) is 12.9. The number of Topliss-reactive ketones (excluding diaryl/α,β-unsaturated/α-hetero) is 1. The van der Waals surface area contributed by atoms with Crippen LogP contribution < -0.4 is 11.5 Å². The fourth-order valence-corrected chi connectivity index (χ4v) is 1.69. The number of hydrogen-bond donors (Lipinski definition) is 2.